The fraction of sp³-hybridized carbons (Fsp3) is 0.444. The molecule has 5 heteroatoms. The molecule has 1 N–H and O–H groups in total. The second-order valence-electron chi connectivity index (χ2n) is 3.37. The van der Waals surface area contributed by atoms with Gasteiger partial charge in [-0.15, -0.1) is 0 Å². The van der Waals surface area contributed by atoms with Crippen molar-refractivity contribution in [3.63, 3.8) is 0 Å². The van der Waals surface area contributed by atoms with E-state index in [9.17, 15) is 0 Å². The van der Waals surface area contributed by atoms with Crippen molar-refractivity contribution in [1.82, 2.24) is 15.1 Å². The molecule has 0 unspecified atom stereocenters. The van der Waals surface area contributed by atoms with Crippen molar-refractivity contribution in [2.45, 2.75) is 13.3 Å². The van der Waals surface area contributed by atoms with Crippen LogP contribution in [0.25, 0.3) is 0 Å². The normalized spacial score (nSPS) is 18.8. The van der Waals surface area contributed by atoms with Gasteiger partial charge in [0, 0.05) is 13.0 Å². The molecule has 14 heavy (non-hydrogen) atoms. The van der Waals surface area contributed by atoms with Gasteiger partial charge >= 0.3 is 0 Å². The minimum Gasteiger partial charge on any atom is -0.311 e. The molecule has 0 saturated carbocycles. The third-order valence-corrected chi connectivity index (χ3v) is 2.56. The fourth-order valence-electron chi connectivity index (χ4n) is 1.91. The molecule has 0 fully saturated rings. The summed E-state index contributed by atoms with van der Waals surface area (Å²) in [6.45, 7) is 3.91. The van der Waals surface area contributed by atoms with E-state index < -0.39 is 0 Å². The molecule has 3 rings (SSSR count). The minimum atomic E-state index is 0.854. The number of aliphatic imine (C=N–C) groups is 2. The van der Waals surface area contributed by atoms with Gasteiger partial charge in [0.25, 0.3) is 0 Å². The van der Waals surface area contributed by atoms with E-state index in [1.165, 1.54) is 0 Å². The number of rotatable bonds is 1. The maximum atomic E-state index is 4.53. The van der Waals surface area contributed by atoms with Crippen molar-refractivity contribution in [3.8, 4) is 0 Å². The van der Waals surface area contributed by atoms with Crippen LogP contribution in [-0.2, 0) is 0 Å². The lowest BCUT2D eigenvalue weighted by Crippen LogP contribution is -2.36. The summed E-state index contributed by atoms with van der Waals surface area (Å²) >= 11 is 0. The van der Waals surface area contributed by atoms with Crippen LogP contribution in [0.15, 0.2) is 16.2 Å². The lowest BCUT2D eigenvalue weighted by atomic mass is 10.2. The molecule has 2 aliphatic rings. The number of nitrogens with zero attached hydrogens (tertiary/aromatic N) is 4. The highest BCUT2D eigenvalue weighted by atomic mass is 15.3. The van der Waals surface area contributed by atoms with Crippen LogP contribution in [-0.4, -0.2) is 39.9 Å². The Morgan fingerprint density at radius 3 is 3.36 bits per heavy atom. The molecule has 1 aromatic rings. The van der Waals surface area contributed by atoms with Crippen LogP contribution in [0.3, 0.4) is 0 Å². The van der Waals surface area contributed by atoms with E-state index >= 15 is 0 Å². The SMILES string of the molecule is CCC1=Nc2cn[nH]c2C2=NCCN12. The van der Waals surface area contributed by atoms with Gasteiger partial charge in [0.2, 0.25) is 0 Å². The maximum Gasteiger partial charge on any atom is 0.157 e. The third-order valence-electron chi connectivity index (χ3n) is 2.56. The highest BCUT2D eigenvalue weighted by Gasteiger charge is 2.29. The zero-order chi connectivity index (χ0) is 9.54. The number of aromatic nitrogens is 2. The van der Waals surface area contributed by atoms with Crippen LogP contribution in [0, 0.1) is 0 Å². The van der Waals surface area contributed by atoms with Gasteiger partial charge in [0.05, 0.1) is 12.7 Å². The molecule has 0 amide bonds. The molecule has 0 atom stereocenters. The van der Waals surface area contributed by atoms with Crippen molar-refractivity contribution < 1.29 is 0 Å². The monoisotopic (exact) mass is 189 g/mol. The molecule has 1 aromatic heterocycles. The van der Waals surface area contributed by atoms with Gasteiger partial charge in [-0.25, -0.2) is 4.99 Å². The van der Waals surface area contributed by atoms with E-state index in [0.717, 1.165) is 42.6 Å². The van der Waals surface area contributed by atoms with Gasteiger partial charge in [-0.3, -0.25) is 10.1 Å². The molecule has 3 heterocycles. The summed E-state index contributed by atoms with van der Waals surface area (Å²) in [6, 6.07) is 0. The number of H-pyrrole nitrogens is 1. The lowest BCUT2D eigenvalue weighted by molar-refractivity contribution is 0.644. The first kappa shape index (κ1) is 7.73. The lowest BCUT2D eigenvalue weighted by Gasteiger charge is -2.24. The highest BCUT2D eigenvalue weighted by molar-refractivity contribution is 6.14. The van der Waals surface area contributed by atoms with E-state index in [1.54, 1.807) is 6.20 Å². The van der Waals surface area contributed by atoms with Crippen LogP contribution in [0.4, 0.5) is 5.69 Å². The van der Waals surface area contributed by atoms with E-state index in [0.29, 0.717) is 0 Å². The van der Waals surface area contributed by atoms with Gasteiger partial charge in [-0.1, -0.05) is 6.92 Å². The van der Waals surface area contributed by atoms with E-state index in [-0.39, 0.29) is 0 Å². The summed E-state index contributed by atoms with van der Waals surface area (Å²) < 4.78 is 0. The zero-order valence-electron chi connectivity index (χ0n) is 7.99. The van der Waals surface area contributed by atoms with Crippen molar-refractivity contribution >= 4 is 17.4 Å². The van der Waals surface area contributed by atoms with Gasteiger partial charge in [-0.2, -0.15) is 5.10 Å². The second kappa shape index (κ2) is 2.67. The largest absolute Gasteiger partial charge is 0.311 e. The second-order valence-corrected chi connectivity index (χ2v) is 3.37. The highest BCUT2D eigenvalue weighted by Crippen LogP contribution is 2.26. The van der Waals surface area contributed by atoms with Gasteiger partial charge in [0.1, 0.15) is 17.2 Å². The van der Waals surface area contributed by atoms with Crippen LogP contribution in [0.1, 0.15) is 19.0 Å². The van der Waals surface area contributed by atoms with Crippen LogP contribution in [0.2, 0.25) is 0 Å². The van der Waals surface area contributed by atoms with E-state index in [4.69, 9.17) is 0 Å². The molecule has 0 radical (unpaired) electrons. The Kier molecular flexibility index (Phi) is 1.47. The molecule has 5 nitrogen and oxygen atoms in total. The van der Waals surface area contributed by atoms with Crippen molar-refractivity contribution in [1.29, 1.82) is 0 Å². The molecule has 2 aliphatic heterocycles. The Morgan fingerprint density at radius 2 is 2.50 bits per heavy atom. The predicted octanol–water partition coefficient (Wildman–Crippen LogP) is 0.925. The smallest absolute Gasteiger partial charge is 0.157 e. The van der Waals surface area contributed by atoms with Crippen molar-refractivity contribution in [3.05, 3.63) is 11.9 Å². The van der Waals surface area contributed by atoms with E-state index in [1.807, 2.05) is 0 Å². The first-order valence-corrected chi connectivity index (χ1v) is 4.83. The fourth-order valence-corrected chi connectivity index (χ4v) is 1.91. The average Bonchev–Trinajstić information content (AvgIpc) is 2.83. The summed E-state index contributed by atoms with van der Waals surface area (Å²) in [7, 11) is 0. The summed E-state index contributed by atoms with van der Waals surface area (Å²) in [6.07, 6.45) is 2.69. The molecule has 0 aromatic carbocycles. The Bertz CT molecular complexity index is 428. The van der Waals surface area contributed by atoms with Crippen molar-refractivity contribution in [2.24, 2.45) is 9.98 Å². The first-order valence-electron chi connectivity index (χ1n) is 4.83. The molecule has 72 valence electrons. The molecule has 0 bridgehead atoms. The Balaban J connectivity index is 2.19. The number of fused-ring (bicyclic) bond motifs is 3. The van der Waals surface area contributed by atoms with Gasteiger partial charge in [0.15, 0.2) is 5.84 Å². The Hall–Kier alpha value is -1.65. The summed E-state index contributed by atoms with van der Waals surface area (Å²) in [5.74, 6) is 2.10. The zero-order valence-corrected chi connectivity index (χ0v) is 7.99. The summed E-state index contributed by atoms with van der Waals surface area (Å²) in [5.41, 5.74) is 1.87. The topological polar surface area (TPSA) is 56.6 Å². The Morgan fingerprint density at radius 1 is 1.57 bits per heavy atom. The standard InChI is InChI=1S/C9H11N5/c1-2-7-12-6-5-11-13-8(6)9-10-3-4-14(7)9/h5H,2-4H2,1H3,(H,11,13). The predicted molar refractivity (Wildman–Crippen MR) is 54.1 cm³/mol. The Labute approximate surface area is 81.6 Å². The quantitative estimate of drug-likeness (QED) is 0.714. The molecule has 0 saturated heterocycles. The summed E-state index contributed by atoms with van der Waals surface area (Å²) in [5, 5.41) is 6.94. The van der Waals surface area contributed by atoms with Gasteiger partial charge < -0.3 is 4.90 Å². The van der Waals surface area contributed by atoms with Gasteiger partial charge in [-0.05, 0) is 0 Å². The molecule has 0 spiro atoms. The van der Waals surface area contributed by atoms with Crippen molar-refractivity contribution in [2.75, 3.05) is 13.1 Å². The number of hydrogen-bond donors (Lipinski definition) is 1. The average molecular weight is 189 g/mol. The number of nitrogens with one attached hydrogen (secondary N) is 1. The molecule has 0 aliphatic carbocycles. The third kappa shape index (κ3) is 0.865. The summed E-state index contributed by atoms with van der Waals surface area (Å²) in [4.78, 5) is 11.2. The number of aromatic amines is 1. The number of hydrogen-bond acceptors (Lipinski definition) is 4. The van der Waals surface area contributed by atoms with Crippen LogP contribution >= 0.6 is 0 Å². The van der Waals surface area contributed by atoms with E-state index in [2.05, 4.69) is 32.0 Å². The van der Waals surface area contributed by atoms with Crippen LogP contribution < -0.4 is 0 Å². The first-order chi connectivity index (χ1) is 6.90. The minimum absolute atomic E-state index is 0.854. The maximum absolute atomic E-state index is 4.53. The molecular weight excluding hydrogens is 178 g/mol. The number of amidine groups is 2. The molecular formula is C9H11N5. The van der Waals surface area contributed by atoms with Crippen LogP contribution in [0.5, 0.6) is 0 Å².